The number of thiocarbonyl (C=S) groups is 1. The predicted octanol–water partition coefficient (Wildman–Crippen LogP) is 2.05. The molecule has 1 aromatic heterocycles. The molecule has 0 spiro atoms. The zero-order valence-corrected chi connectivity index (χ0v) is 11.7. The van der Waals surface area contributed by atoms with E-state index in [9.17, 15) is 0 Å². The predicted molar refractivity (Wildman–Crippen MR) is 78.9 cm³/mol. The molecule has 92 valence electrons. The van der Waals surface area contributed by atoms with E-state index in [-0.39, 0.29) is 0 Å². The summed E-state index contributed by atoms with van der Waals surface area (Å²) in [5, 5.41) is 1.32. The highest BCUT2D eigenvalue weighted by Crippen LogP contribution is 2.28. The van der Waals surface area contributed by atoms with Crippen LogP contribution in [0, 0.1) is 0 Å². The van der Waals surface area contributed by atoms with Crippen LogP contribution in [-0.4, -0.2) is 33.6 Å². The van der Waals surface area contributed by atoms with Crippen LogP contribution < -0.4 is 10.6 Å². The third-order valence-corrected chi connectivity index (χ3v) is 4.22. The molecule has 17 heavy (non-hydrogen) atoms. The summed E-state index contributed by atoms with van der Waals surface area (Å²) < 4.78 is 0. The van der Waals surface area contributed by atoms with E-state index in [1.165, 1.54) is 0 Å². The number of thioether (sulfide) groups is 1. The summed E-state index contributed by atoms with van der Waals surface area (Å²) in [7, 11) is 0. The number of rotatable bonds is 2. The normalized spacial score (nSPS) is 24.7. The van der Waals surface area contributed by atoms with Gasteiger partial charge in [0.15, 0.2) is 0 Å². The van der Waals surface area contributed by atoms with Crippen molar-refractivity contribution in [3.63, 3.8) is 0 Å². The highest BCUT2D eigenvalue weighted by molar-refractivity contribution is 8.00. The van der Waals surface area contributed by atoms with Gasteiger partial charge in [0.1, 0.15) is 4.99 Å². The van der Waals surface area contributed by atoms with Crippen LogP contribution in [0.4, 0.5) is 5.69 Å². The van der Waals surface area contributed by atoms with Gasteiger partial charge in [-0.15, -0.1) is 0 Å². The van der Waals surface area contributed by atoms with Crippen molar-refractivity contribution < 1.29 is 0 Å². The second-order valence-corrected chi connectivity index (χ2v) is 6.75. The van der Waals surface area contributed by atoms with Gasteiger partial charge in [0.25, 0.3) is 0 Å². The van der Waals surface area contributed by atoms with Crippen LogP contribution in [0.5, 0.6) is 0 Å². The highest BCUT2D eigenvalue weighted by Gasteiger charge is 2.22. The lowest BCUT2D eigenvalue weighted by Gasteiger charge is -2.36. The lowest BCUT2D eigenvalue weighted by Crippen LogP contribution is -2.40. The fraction of sp³-hybridized carbons (Fsp3) is 0.500. The lowest BCUT2D eigenvalue weighted by atomic mass is 10.2. The molecular formula is C12H17N3S2. The Morgan fingerprint density at radius 2 is 2.06 bits per heavy atom. The largest absolute Gasteiger partial charge is 0.388 e. The first-order valence-corrected chi connectivity index (χ1v) is 7.07. The van der Waals surface area contributed by atoms with Crippen LogP contribution in [-0.2, 0) is 0 Å². The molecule has 0 aromatic carbocycles. The molecule has 1 saturated heterocycles. The monoisotopic (exact) mass is 267 g/mol. The van der Waals surface area contributed by atoms with Crippen molar-refractivity contribution in [1.82, 2.24) is 4.98 Å². The zero-order valence-electron chi connectivity index (χ0n) is 10.1. The van der Waals surface area contributed by atoms with Gasteiger partial charge in [-0.1, -0.05) is 26.1 Å². The van der Waals surface area contributed by atoms with Crippen molar-refractivity contribution in [2.24, 2.45) is 5.73 Å². The Morgan fingerprint density at radius 3 is 2.53 bits per heavy atom. The molecular weight excluding hydrogens is 250 g/mol. The first-order valence-electron chi connectivity index (χ1n) is 5.72. The molecule has 2 heterocycles. The number of anilines is 1. The minimum atomic E-state index is 0.354. The SMILES string of the molecule is CC1CN(c2ccc(C(N)=S)nc2)CC(C)S1. The Balaban J connectivity index is 2.14. The fourth-order valence-electron chi connectivity index (χ4n) is 2.11. The van der Waals surface area contributed by atoms with Crippen LogP contribution in [0.3, 0.4) is 0 Å². The van der Waals surface area contributed by atoms with Gasteiger partial charge in [-0.2, -0.15) is 11.8 Å². The first kappa shape index (κ1) is 12.6. The average Bonchev–Trinajstić information content (AvgIpc) is 2.28. The van der Waals surface area contributed by atoms with Crippen LogP contribution in [0.2, 0.25) is 0 Å². The standard InChI is InChI=1S/C12H17N3S2/c1-8-6-15(7-9(2)17-8)10-3-4-11(12(13)16)14-5-10/h3-5,8-9H,6-7H2,1-2H3,(H2,13,16). The summed E-state index contributed by atoms with van der Waals surface area (Å²) in [6.07, 6.45) is 1.86. The maximum absolute atomic E-state index is 5.54. The van der Waals surface area contributed by atoms with Crippen molar-refractivity contribution in [2.75, 3.05) is 18.0 Å². The number of aromatic nitrogens is 1. The van der Waals surface area contributed by atoms with E-state index in [2.05, 4.69) is 29.8 Å². The van der Waals surface area contributed by atoms with Gasteiger partial charge in [-0.3, -0.25) is 4.98 Å². The van der Waals surface area contributed by atoms with Crippen LogP contribution in [0.1, 0.15) is 19.5 Å². The first-order chi connectivity index (χ1) is 8.06. The summed E-state index contributed by atoms with van der Waals surface area (Å²) >= 11 is 6.94. The lowest BCUT2D eigenvalue weighted by molar-refractivity contribution is 0.727. The van der Waals surface area contributed by atoms with Crippen LogP contribution >= 0.6 is 24.0 Å². The summed E-state index contributed by atoms with van der Waals surface area (Å²) in [4.78, 5) is 7.02. The number of pyridine rings is 1. The second kappa shape index (κ2) is 5.23. The number of hydrogen-bond donors (Lipinski definition) is 1. The van der Waals surface area contributed by atoms with Crippen LogP contribution in [0.15, 0.2) is 18.3 Å². The van der Waals surface area contributed by atoms with Gasteiger partial charge < -0.3 is 10.6 Å². The minimum absolute atomic E-state index is 0.354. The van der Waals surface area contributed by atoms with Crippen molar-refractivity contribution in [1.29, 1.82) is 0 Å². The zero-order chi connectivity index (χ0) is 12.4. The van der Waals surface area contributed by atoms with E-state index >= 15 is 0 Å². The molecule has 0 amide bonds. The summed E-state index contributed by atoms with van der Waals surface area (Å²) in [6.45, 7) is 6.68. The smallest absolute Gasteiger partial charge is 0.122 e. The molecule has 0 radical (unpaired) electrons. The summed E-state index contributed by atoms with van der Waals surface area (Å²) in [5.41, 5.74) is 7.39. The minimum Gasteiger partial charge on any atom is -0.388 e. The van der Waals surface area contributed by atoms with E-state index in [1.54, 1.807) is 0 Å². The van der Waals surface area contributed by atoms with Crippen molar-refractivity contribution in [2.45, 2.75) is 24.3 Å². The van der Waals surface area contributed by atoms with Gasteiger partial charge in [0.05, 0.1) is 17.6 Å². The highest BCUT2D eigenvalue weighted by atomic mass is 32.2. The molecule has 2 rings (SSSR count). The number of nitrogens with two attached hydrogens (primary N) is 1. The van der Waals surface area contributed by atoms with Crippen molar-refractivity contribution in [3.05, 3.63) is 24.0 Å². The summed E-state index contributed by atoms with van der Waals surface area (Å²) in [6, 6.07) is 3.95. The third-order valence-electron chi connectivity index (χ3n) is 2.79. The molecule has 2 unspecified atom stereocenters. The van der Waals surface area contributed by atoms with Crippen LogP contribution in [0.25, 0.3) is 0 Å². The van der Waals surface area contributed by atoms with E-state index in [1.807, 2.05) is 24.0 Å². The topological polar surface area (TPSA) is 42.1 Å². The molecule has 0 saturated carbocycles. The Hall–Kier alpha value is -0.810. The molecule has 0 aliphatic carbocycles. The van der Waals surface area contributed by atoms with Gasteiger partial charge in [-0.25, -0.2) is 0 Å². The van der Waals surface area contributed by atoms with Gasteiger partial charge in [-0.05, 0) is 12.1 Å². The maximum Gasteiger partial charge on any atom is 0.122 e. The van der Waals surface area contributed by atoms with Crippen molar-refractivity contribution in [3.8, 4) is 0 Å². The molecule has 3 nitrogen and oxygen atoms in total. The molecule has 1 aliphatic heterocycles. The van der Waals surface area contributed by atoms with E-state index in [0.29, 0.717) is 21.2 Å². The second-order valence-electron chi connectivity index (χ2n) is 4.43. The molecule has 1 fully saturated rings. The van der Waals surface area contributed by atoms with E-state index in [0.717, 1.165) is 18.8 Å². The Morgan fingerprint density at radius 1 is 1.41 bits per heavy atom. The third kappa shape index (κ3) is 3.10. The quantitative estimate of drug-likeness (QED) is 0.831. The Kier molecular flexibility index (Phi) is 3.89. The van der Waals surface area contributed by atoms with Gasteiger partial charge in [0, 0.05) is 23.6 Å². The Labute approximate surface area is 112 Å². The molecule has 0 bridgehead atoms. The number of nitrogens with zero attached hydrogens (tertiary/aromatic N) is 2. The number of hydrogen-bond acceptors (Lipinski definition) is 4. The van der Waals surface area contributed by atoms with Gasteiger partial charge >= 0.3 is 0 Å². The summed E-state index contributed by atoms with van der Waals surface area (Å²) in [5.74, 6) is 0. The molecule has 2 N–H and O–H groups in total. The molecule has 2 atom stereocenters. The van der Waals surface area contributed by atoms with E-state index < -0.39 is 0 Å². The van der Waals surface area contributed by atoms with E-state index in [4.69, 9.17) is 18.0 Å². The average molecular weight is 267 g/mol. The van der Waals surface area contributed by atoms with Gasteiger partial charge in [0.2, 0.25) is 0 Å². The molecule has 1 aliphatic rings. The van der Waals surface area contributed by atoms with Crippen molar-refractivity contribution >= 4 is 34.7 Å². The molecule has 1 aromatic rings. The fourth-order valence-corrected chi connectivity index (χ4v) is 3.55. The Bertz CT molecular complexity index is 395. The molecule has 5 heteroatoms. The maximum atomic E-state index is 5.54.